The van der Waals surface area contributed by atoms with Crippen molar-refractivity contribution >= 4 is 44.8 Å². The van der Waals surface area contributed by atoms with Gasteiger partial charge in [-0.05, 0) is 42.5 Å². The van der Waals surface area contributed by atoms with Crippen LogP contribution in [0.15, 0.2) is 47.4 Å². The van der Waals surface area contributed by atoms with Crippen LogP contribution in [0.25, 0.3) is 0 Å². The Morgan fingerprint density at radius 1 is 1.12 bits per heavy atom. The number of hydroxylamine groups is 1. The first-order valence-electron chi connectivity index (χ1n) is 6.65. The van der Waals surface area contributed by atoms with Crippen molar-refractivity contribution in [2.24, 2.45) is 0 Å². The topological polar surface area (TPSA) is 75.7 Å². The number of rotatable bonds is 5. The van der Waals surface area contributed by atoms with Crippen LogP contribution in [-0.2, 0) is 14.9 Å². The van der Waals surface area contributed by atoms with Crippen LogP contribution in [0.2, 0.25) is 10.0 Å². The molecule has 0 unspecified atom stereocenters. The molecule has 0 saturated carbocycles. The van der Waals surface area contributed by atoms with Crippen LogP contribution >= 0.6 is 23.2 Å². The molecule has 0 radical (unpaired) electrons. The van der Waals surface area contributed by atoms with Crippen molar-refractivity contribution in [1.82, 2.24) is 4.47 Å². The molecule has 1 amide bonds. The van der Waals surface area contributed by atoms with E-state index in [2.05, 4.69) is 5.32 Å². The highest BCUT2D eigenvalue weighted by atomic mass is 35.5. The quantitative estimate of drug-likeness (QED) is 0.796. The van der Waals surface area contributed by atoms with Gasteiger partial charge >= 0.3 is 0 Å². The fourth-order valence-corrected chi connectivity index (χ4v) is 3.18. The fraction of sp³-hybridized carbons (Fsp3) is 0.133. The fourth-order valence-electron chi connectivity index (χ4n) is 1.83. The van der Waals surface area contributed by atoms with Crippen molar-refractivity contribution in [2.45, 2.75) is 4.90 Å². The number of halogens is 2. The first-order chi connectivity index (χ1) is 11.3. The van der Waals surface area contributed by atoms with Gasteiger partial charge in [-0.2, -0.15) is 0 Å². The van der Waals surface area contributed by atoms with Crippen LogP contribution in [0.5, 0.6) is 0 Å². The summed E-state index contributed by atoms with van der Waals surface area (Å²) in [5.41, 5.74) is 0.634. The Labute approximate surface area is 149 Å². The second-order valence-electron chi connectivity index (χ2n) is 4.70. The van der Waals surface area contributed by atoms with Gasteiger partial charge in [0, 0.05) is 17.8 Å². The Bertz CT molecular complexity index is 854. The van der Waals surface area contributed by atoms with E-state index in [9.17, 15) is 13.2 Å². The van der Waals surface area contributed by atoms with E-state index in [1.807, 2.05) is 0 Å². The van der Waals surface area contributed by atoms with Crippen LogP contribution in [0.3, 0.4) is 0 Å². The molecular weight excluding hydrogens is 375 g/mol. The summed E-state index contributed by atoms with van der Waals surface area (Å²) in [4.78, 5) is 17.0. The number of nitrogens with zero attached hydrogens (tertiary/aromatic N) is 1. The highest BCUT2D eigenvalue weighted by molar-refractivity contribution is 7.89. The number of anilines is 1. The van der Waals surface area contributed by atoms with Crippen molar-refractivity contribution in [2.75, 3.05) is 19.5 Å². The number of benzene rings is 2. The molecule has 0 bridgehead atoms. The minimum atomic E-state index is -3.74. The zero-order valence-corrected chi connectivity index (χ0v) is 15.1. The Hall–Kier alpha value is -1.64. The SMILES string of the molecule is CON(C)S(=O)(=O)c1ccc(NC(=O)c2cc(Cl)ccc2Cl)cc1. The summed E-state index contributed by atoms with van der Waals surface area (Å²) in [6.45, 7) is 0. The molecule has 2 aromatic rings. The van der Waals surface area contributed by atoms with Gasteiger partial charge in [0.25, 0.3) is 15.9 Å². The first kappa shape index (κ1) is 18.7. The summed E-state index contributed by atoms with van der Waals surface area (Å²) in [6, 6.07) is 10.2. The summed E-state index contributed by atoms with van der Waals surface area (Å²) in [5.74, 6) is -0.452. The third-order valence-corrected chi connectivity index (χ3v) is 5.44. The molecule has 9 heteroatoms. The number of hydrogen-bond acceptors (Lipinski definition) is 4. The molecule has 2 rings (SSSR count). The van der Waals surface area contributed by atoms with Crippen molar-refractivity contribution in [3.8, 4) is 0 Å². The molecule has 0 aliphatic carbocycles. The molecular formula is C15H14Cl2N2O4S. The van der Waals surface area contributed by atoms with Gasteiger partial charge in [0.2, 0.25) is 0 Å². The molecule has 0 aliphatic rings. The minimum Gasteiger partial charge on any atom is -0.322 e. The number of hydrogen-bond donors (Lipinski definition) is 1. The van der Waals surface area contributed by atoms with Gasteiger partial charge in [0.15, 0.2) is 0 Å². The van der Waals surface area contributed by atoms with Gasteiger partial charge in [-0.1, -0.05) is 27.7 Å². The zero-order chi connectivity index (χ0) is 17.9. The van der Waals surface area contributed by atoms with Gasteiger partial charge in [0.05, 0.1) is 22.6 Å². The molecule has 0 aliphatic heterocycles. The summed E-state index contributed by atoms with van der Waals surface area (Å²) >= 11 is 11.8. The molecule has 0 aromatic heterocycles. The number of carbonyl (C=O) groups excluding carboxylic acids is 1. The third kappa shape index (κ3) is 4.06. The van der Waals surface area contributed by atoms with Crippen molar-refractivity contribution in [3.05, 3.63) is 58.1 Å². The average molecular weight is 389 g/mol. The van der Waals surface area contributed by atoms with Crippen LogP contribution in [0.1, 0.15) is 10.4 Å². The molecule has 0 spiro atoms. The molecule has 1 N–H and O–H groups in total. The van der Waals surface area contributed by atoms with Crippen LogP contribution < -0.4 is 5.32 Å². The summed E-state index contributed by atoms with van der Waals surface area (Å²) in [6.07, 6.45) is 0. The lowest BCUT2D eigenvalue weighted by molar-refractivity contribution is -0.0258. The molecule has 0 atom stereocenters. The van der Waals surface area contributed by atoms with Gasteiger partial charge < -0.3 is 5.32 Å². The Morgan fingerprint density at radius 2 is 1.75 bits per heavy atom. The van der Waals surface area contributed by atoms with E-state index in [0.717, 1.165) is 4.47 Å². The van der Waals surface area contributed by atoms with Crippen molar-refractivity contribution in [1.29, 1.82) is 0 Å². The average Bonchev–Trinajstić information content (AvgIpc) is 2.56. The van der Waals surface area contributed by atoms with E-state index < -0.39 is 15.9 Å². The predicted octanol–water partition coefficient (Wildman–Crippen LogP) is 3.43. The van der Waals surface area contributed by atoms with Crippen LogP contribution in [0.4, 0.5) is 5.69 Å². The highest BCUT2D eigenvalue weighted by Crippen LogP contribution is 2.23. The Balaban J connectivity index is 2.20. The van der Waals surface area contributed by atoms with Gasteiger partial charge in [-0.3, -0.25) is 9.63 Å². The summed E-state index contributed by atoms with van der Waals surface area (Å²) < 4.78 is 24.9. The maximum absolute atomic E-state index is 12.2. The lowest BCUT2D eigenvalue weighted by Gasteiger charge is -2.14. The first-order valence-corrected chi connectivity index (χ1v) is 8.85. The smallest absolute Gasteiger partial charge is 0.264 e. The molecule has 0 saturated heterocycles. The maximum Gasteiger partial charge on any atom is 0.264 e. The van der Waals surface area contributed by atoms with Crippen LogP contribution in [-0.4, -0.2) is 33.0 Å². The van der Waals surface area contributed by atoms with E-state index >= 15 is 0 Å². The second kappa shape index (κ2) is 7.50. The van der Waals surface area contributed by atoms with Gasteiger partial charge in [0.1, 0.15) is 0 Å². The minimum absolute atomic E-state index is 0.0330. The lowest BCUT2D eigenvalue weighted by Crippen LogP contribution is -2.25. The van der Waals surface area contributed by atoms with Crippen molar-refractivity contribution < 1.29 is 18.0 Å². The molecule has 0 heterocycles. The number of nitrogens with one attached hydrogen (secondary N) is 1. The molecule has 6 nitrogen and oxygen atoms in total. The largest absolute Gasteiger partial charge is 0.322 e. The second-order valence-corrected chi connectivity index (χ2v) is 7.48. The molecule has 0 fully saturated rings. The number of carbonyl (C=O) groups is 1. The third-order valence-electron chi connectivity index (χ3n) is 3.18. The molecule has 2 aromatic carbocycles. The zero-order valence-electron chi connectivity index (χ0n) is 12.8. The van der Waals surface area contributed by atoms with E-state index in [1.165, 1.54) is 50.6 Å². The van der Waals surface area contributed by atoms with E-state index in [0.29, 0.717) is 10.7 Å². The van der Waals surface area contributed by atoms with E-state index in [-0.39, 0.29) is 15.5 Å². The molecule has 24 heavy (non-hydrogen) atoms. The number of amides is 1. The Kier molecular flexibility index (Phi) is 5.84. The Morgan fingerprint density at radius 3 is 2.33 bits per heavy atom. The van der Waals surface area contributed by atoms with E-state index in [4.69, 9.17) is 28.0 Å². The maximum atomic E-state index is 12.2. The number of sulfonamides is 1. The molecule has 128 valence electrons. The standard InChI is InChI=1S/C15H14Cl2N2O4S/c1-19(23-2)24(21,22)12-6-4-11(5-7-12)18-15(20)13-9-10(16)3-8-14(13)17/h3-9H,1-2H3,(H,18,20). The van der Waals surface area contributed by atoms with Gasteiger partial charge in [-0.25, -0.2) is 8.42 Å². The van der Waals surface area contributed by atoms with Crippen molar-refractivity contribution in [3.63, 3.8) is 0 Å². The van der Waals surface area contributed by atoms with E-state index in [1.54, 1.807) is 6.07 Å². The lowest BCUT2D eigenvalue weighted by atomic mass is 10.2. The monoisotopic (exact) mass is 388 g/mol. The highest BCUT2D eigenvalue weighted by Gasteiger charge is 2.20. The normalized spacial score (nSPS) is 11.5. The predicted molar refractivity (Wildman–Crippen MR) is 92.8 cm³/mol. The van der Waals surface area contributed by atoms with Gasteiger partial charge in [-0.15, -0.1) is 0 Å². The summed E-state index contributed by atoms with van der Waals surface area (Å²) in [5, 5.41) is 3.27. The summed E-state index contributed by atoms with van der Waals surface area (Å²) in [7, 11) is -1.20. The van der Waals surface area contributed by atoms with Crippen LogP contribution in [0, 0.1) is 0 Å².